The van der Waals surface area contributed by atoms with Crippen molar-refractivity contribution in [1.29, 1.82) is 0 Å². The van der Waals surface area contributed by atoms with E-state index in [4.69, 9.17) is 9.05 Å². The average molecular weight is 363 g/mol. The maximum absolute atomic E-state index is 13.0. The molecule has 0 N–H and O–H groups in total. The van der Waals surface area contributed by atoms with E-state index in [-0.39, 0.29) is 6.61 Å². The second-order valence-electron chi connectivity index (χ2n) is 6.77. The van der Waals surface area contributed by atoms with Crippen molar-refractivity contribution in [3.05, 3.63) is 34.3 Å². The fourth-order valence-corrected chi connectivity index (χ4v) is 3.48. The molecule has 1 aromatic carbocycles. The second kappa shape index (κ2) is 6.31. The molecule has 0 amide bonds. The van der Waals surface area contributed by atoms with E-state index in [1.54, 1.807) is 0 Å². The minimum atomic E-state index is -3.21. The lowest BCUT2D eigenvalue weighted by molar-refractivity contribution is 0.0828. The molecule has 0 aliphatic carbocycles. The van der Waals surface area contributed by atoms with Crippen LogP contribution in [0.4, 0.5) is 0 Å². The molecule has 0 saturated carbocycles. The third kappa shape index (κ3) is 5.33. The molecule has 0 aromatic heterocycles. The zero-order valence-corrected chi connectivity index (χ0v) is 15.5. The average Bonchev–Trinajstić information content (AvgIpc) is 2.24. The highest BCUT2D eigenvalue weighted by Gasteiger charge is 2.42. The van der Waals surface area contributed by atoms with Gasteiger partial charge in [-0.15, -0.1) is 0 Å². The predicted molar refractivity (Wildman–Crippen MR) is 87.1 cm³/mol. The number of benzene rings is 1. The van der Waals surface area contributed by atoms with E-state index in [9.17, 15) is 4.57 Å². The Bertz CT molecular complexity index is 483. The molecule has 1 unspecified atom stereocenters. The van der Waals surface area contributed by atoms with Gasteiger partial charge in [0.25, 0.3) is 0 Å². The van der Waals surface area contributed by atoms with Gasteiger partial charge in [0, 0.05) is 4.47 Å². The van der Waals surface area contributed by atoms with Crippen LogP contribution in [-0.2, 0) is 20.2 Å². The highest BCUT2D eigenvalue weighted by atomic mass is 79.9. The quantitative estimate of drug-likeness (QED) is 0.637. The Morgan fingerprint density at radius 2 is 1.55 bits per heavy atom. The van der Waals surface area contributed by atoms with Gasteiger partial charge in [0.1, 0.15) is 0 Å². The van der Waals surface area contributed by atoms with Crippen LogP contribution in [0, 0.1) is 0 Å². The monoisotopic (exact) mass is 362 g/mol. The van der Waals surface area contributed by atoms with Gasteiger partial charge in [-0.2, -0.15) is 0 Å². The van der Waals surface area contributed by atoms with Crippen LogP contribution in [0.5, 0.6) is 0 Å². The van der Waals surface area contributed by atoms with Crippen molar-refractivity contribution in [1.82, 2.24) is 0 Å². The molecule has 114 valence electrons. The van der Waals surface area contributed by atoms with Crippen LogP contribution in [0.25, 0.3) is 0 Å². The molecular weight excluding hydrogens is 339 g/mol. The zero-order valence-electron chi connectivity index (χ0n) is 13.1. The Balaban J connectivity index is 2.86. The van der Waals surface area contributed by atoms with Gasteiger partial charge >= 0.3 is 7.60 Å². The summed E-state index contributed by atoms with van der Waals surface area (Å²) >= 11 is 3.39. The van der Waals surface area contributed by atoms with Crippen LogP contribution < -0.4 is 0 Å². The Morgan fingerprint density at radius 1 is 1.05 bits per heavy atom. The van der Waals surface area contributed by atoms with Gasteiger partial charge < -0.3 is 9.05 Å². The largest absolute Gasteiger partial charge is 0.336 e. The normalized spacial score (nSPS) is 15.9. The summed E-state index contributed by atoms with van der Waals surface area (Å²) in [5.41, 5.74) is 0.456. The SMILES string of the molecule is CC(C)(C)OP(=O)(OCc1ccc(Br)cc1)C(C)(C)C. The van der Waals surface area contributed by atoms with Crippen molar-refractivity contribution in [3.8, 4) is 0 Å². The minimum absolute atomic E-state index is 0.276. The van der Waals surface area contributed by atoms with Gasteiger partial charge in [0.2, 0.25) is 0 Å². The molecule has 1 aromatic rings. The van der Waals surface area contributed by atoms with Gasteiger partial charge in [-0.25, -0.2) is 0 Å². The summed E-state index contributed by atoms with van der Waals surface area (Å²) in [4.78, 5) is 0. The fraction of sp³-hybridized carbons (Fsp3) is 0.600. The number of hydrogen-bond acceptors (Lipinski definition) is 3. The molecule has 20 heavy (non-hydrogen) atoms. The summed E-state index contributed by atoms with van der Waals surface area (Å²) in [5, 5.41) is -0.560. The molecule has 0 saturated heterocycles. The lowest BCUT2D eigenvalue weighted by atomic mass is 10.2. The molecule has 3 nitrogen and oxygen atoms in total. The second-order valence-corrected chi connectivity index (χ2v) is 10.5. The zero-order chi connectivity index (χ0) is 15.6. The van der Waals surface area contributed by atoms with Crippen molar-refractivity contribution >= 4 is 23.5 Å². The first-order valence-electron chi connectivity index (χ1n) is 6.63. The maximum Gasteiger partial charge on any atom is 0.336 e. The first-order chi connectivity index (χ1) is 8.93. The summed E-state index contributed by atoms with van der Waals surface area (Å²) in [6.07, 6.45) is 0. The minimum Gasteiger partial charge on any atom is -0.303 e. The Labute approximate surface area is 130 Å². The van der Waals surface area contributed by atoms with Crippen LogP contribution in [0.1, 0.15) is 47.1 Å². The molecule has 0 spiro atoms. The molecule has 0 fully saturated rings. The molecule has 0 aliphatic rings. The summed E-state index contributed by atoms with van der Waals surface area (Å²) in [6.45, 7) is 11.6. The van der Waals surface area contributed by atoms with Gasteiger partial charge in [-0.3, -0.25) is 4.57 Å². The number of rotatable bonds is 4. The van der Waals surface area contributed by atoms with Crippen LogP contribution in [-0.4, -0.2) is 10.8 Å². The molecule has 0 heterocycles. The Morgan fingerprint density at radius 3 is 1.95 bits per heavy atom. The predicted octanol–water partition coefficient (Wildman–Crippen LogP) is 5.77. The van der Waals surface area contributed by atoms with Crippen molar-refractivity contribution in [2.75, 3.05) is 0 Å². The topological polar surface area (TPSA) is 35.5 Å². The van der Waals surface area contributed by atoms with Crippen LogP contribution in [0.3, 0.4) is 0 Å². The van der Waals surface area contributed by atoms with E-state index in [0.717, 1.165) is 10.0 Å². The van der Waals surface area contributed by atoms with E-state index >= 15 is 0 Å². The van der Waals surface area contributed by atoms with E-state index in [0.29, 0.717) is 0 Å². The van der Waals surface area contributed by atoms with Crippen molar-refractivity contribution in [2.24, 2.45) is 0 Å². The van der Waals surface area contributed by atoms with E-state index in [1.807, 2.05) is 65.8 Å². The third-order valence-electron chi connectivity index (χ3n) is 2.53. The third-order valence-corrected chi connectivity index (χ3v) is 5.96. The van der Waals surface area contributed by atoms with Gasteiger partial charge in [-0.05, 0) is 59.2 Å². The lowest BCUT2D eigenvalue weighted by Crippen LogP contribution is -2.26. The van der Waals surface area contributed by atoms with Gasteiger partial charge in [-0.1, -0.05) is 28.1 Å². The Kier molecular flexibility index (Phi) is 5.65. The fourth-order valence-electron chi connectivity index (χ4n) is 1.46. The lowest BCUT2D eigenvalue weighted by Gasteiger charge is -2.35. The van der Waals surface area contributed by atoms with Crippen LogP contribution >= 0.6 is 23.5 Å². The summed E-state index contributed by atoms with van der Waals surface area (Å²) in [7, 11) is -3.21. The van der Waals surface area contributed by atoms with E-state index in [1.165, 1.54) is 0 Å². The number of hydrogen-bond donors (Lipinski definition) is 0. The van der Waals surface area contributed by atoms with Crippen molar-refractivity contribution < 1.29 is 13.6 Å². The van der Waals surface area contributed by atoms with E-state index in [2.05, 4.69) is 15.9 Å². The van der Waals surface area contributed by atoms with Gasteiger partial charge in [0.15, 0.2) is 0 Å². The first kappa shape index (κ1) is 17.9. The first-order valence-corrected chi connectivity index (χ1v) is 8.96. The maximum atomic E-state index is 13.0. The Hall–Kier alpha value is -0.150. The molecule has 5 heteroatoms. The molecule has 0 radical (unpaired) electrons. The standard InChI is InChI=1S/C15H24BrO3P/c1-14(2,3)19-20(17,15(4,5)6)18-11-12-7-9-13(16)10-8-12/h7-10H,11H2,1-6H3. The summed E-state index contributed by atoms with van der Waals surface area (Å²) < 4.78 is 25.5. The summed E-state index contributed by atoms with van der Waals surface area (Å²) in [5.74, 6) is 0. The van der Waals surface area contributed by atoms with Crippen molar-refractivity contribution in [3.63, 3.8) is 0 Å². The molecule has 1 rings (SSSR count). The highest BCUT2D eigenvalue weighted by Crippen LogP contribution is 2.62. The smallest absolute Gasteiger partial charge is 0.303 e. The molecule has 0 aliphatic heterocycles. The van der Waals surface area contributed by atoms with Crippen molar-refractivity contribution in [2.45, 2.75) is 58.9 Å². The van der Waals surface area contributed by atoms with Crippen LogP contribution in [0.2, 0.25) is 0 Å². The molecule has 1 atom stereocenters. The van der Waals surface area contributed by atoms with Gasteiger partial charge in [0.05, 0.1) is 17.4 Å². The molecular formula is C15H24BrO3P. The highest BCUT2D eigenvalue weighted by molar-refractivity contribution is 9.10. The summed E-state index contributed by atoms with van der Waals surface area (Å²) in [6, 6.07) is 7.75. The van der Waals surface area contributed by atoms with Crippen LogP contribution in [0.15, 0.2) is 28.7 Å². The molecule has 0 bridgehead atoms. The number of halogens is 1. The van der Waals surface area contributed by atoms with E-state index < -0.39 is 18.4 Å².